The molecule has 3 N–H and O–H groups in total. The predicted molar refractivity (Wildman–Crippen MR) is 79.3 cm³/mol. The zero-order chi connectivity index (χ0) is 14.8. The third-order valence-corrected chi connectivity index (χ3v) is 3.64. The van der Waals surface area contributed by atoms with Crippen LogP contribution in [0.4, 0.5) is 10.5 Å². The molecule has 1 aliphatic carbocycles. The molecule has 1 heterocycles. The standard InChI is InChI=1S/C15H19N3O3/c1-2-10(8-19)16-15(20)17-11-5-6-12-13(7-11)21-14(18-12)9-3-4-9/h5-7,9-10,19H,2-4,8H2,1H3,(H2,16,17,20). The molecule has 6 heteroatoms. The summed E-state index contributed by atoms with van der Waals surface area (Å²) in [6, 6.07) is 4.83. The lowest BCUT2D eigenvalue weighted by molar-refractivity contribution is 0.222. The van der Waals surface area contributed by atoms with Crippen molar-refractivity contribution in [2.24, 2.45) is 0 Å². The molecule has 0 spiro atoms. The van der Waals surface area contributed by atoms with E-state index < -0.39 is 0 Å². The number of carbonyl (C=O) groups is 1. The highest BCUT2D eigenvalue weighted by atomic mass is 16.3. The van der Waals surface area contributed by atoms with Gasteiger partial charge in [-0.15, -0.1) is 0 Å². The van der Waals surface area contributed by atoms with E-state index in [1.165, 1.54) is 0 Å². The van der Waals surface area contributed by atoms with Crippen LogP contribution in [0.15, 0.2) is 22.6 Å². The number of benzene rings is 1. The van der Waals surface area contributed by atoms with Crippen LogP contribution in [-0.4, -0.2) is 28.8 Å². The van der Waals surface area contributed by atoms with Crippen molar-refractivity contribution in [2.45, 2.75) is 38.1 Å². The first-order chi connectivity index (χ1) is 10.2. The van der Waals surface area contributed by atoms with Gasteiger partial charge in [-0.2, -0.15) is 0 Å². The molecule has 1 aromatic carbocycles. The number of aliphatic hydroxyl groups is 1. The fourth-order valence-corrected chi connectivity index (χ4v) is 2.15. The molecule has 2 amide bonds. The number of hydrogen-bond acceptors (Lipinski definition) is 4. The number of aromatic nitrogens is 1. The molecule has 1 saturated carbocycles. The third-order valence-electron chi connectivity index (χ3n) is 3.64. The van der Waals surface area contributed by atoms with Crippen molar-refractivity contribution in [3.05, 3.63) is 24.1 Å². The first kappa shape index (κ1) is 13.9. The van der Waals surface area contributed by atoms with Crippen LogP contribution in [0.1, 0.15) is 38.0 Å². The van der Waals surface area contributed by atoms with Gasteiger partial charge in [0.2, 0.25) is 0 Å². The highest BCUT2D eigenvalue weighted by Gasteiger charge is 2.28. The van der Waals surface area contributed by atoms with E-state index >= 15 is 0 Å². The molecule has 3 rings (SSSR count). The molecular weight excluding hydrogens is 270 g/mol. The zero-order valence-electron chi connectivity index (χ0n) is 11.9. The van der Waals surface area contributed by atoms with Gasteiger partial charge in [0.15, 0.2) is 11.5 Å². The number of nitrogens with zero attached hydrogens (tertiary/aromatic N) is 1. The van der Waals surface area contributed by atoms with Crippen LogP contribution >= 0.6 is 0 Å². The fourth-order valence-electron chi connectivity index (χ4n) is 2.15. The summed E-state index contributed by atoms with van der Waals surface area (Å²) in [5.41, 5.74) is 2.14. The van der Waals surface area contributed by atoms with Crippen LogP contribution in [0, 0.1) is 0 Å². The first-order valence-corrected chi connectivity index (χ1v) is 7.28. The number of anilines is 1. The Morgan fingerprint density at radius 3 is 3.00 bits per heavy atom. The Labute approximate surface area is 122 Å². The Kier molecular flexibility index (Phi) is 3.79. The summed E-state index contributed by atoms with van der Waals surface area (Å²) in [6.07, 6.45) is 2.95. The van der Waals surface area contributed by atoms with Crippen LogP contribution < -0.4 is 10.6 Å². The molecule has 1 aliphatic rings. The number of fused-ring (bicyclic) bond motifs is 1. The van der Waals surface area contributed by atoms with E-state index in [0.29, 0.717) is 23.6 Å². The molecule has 2 aromatic rings. The smallest absolute Gasteiger partial charge is 0.319 e. The molecule has 1 unspecified atom stereocenters. The van der Waals surface area contributed by atoms with Crippen molar-refractivity contribution >= 4 is 22.8 Å². The number of hydrogen-bond donors (Lipinski definition) is 3. The Balaban J connectivity index is 1.70. The van der Waals surface area contributed by atoms with Crippen LogP contribution in [0.3, 0.4) is 0 Å². The van der Waals surface area contributed by atoms with E-state index in [9.17, 15) is 4.79 Å². The summed E-state index contributed by atoms with van der Waals surface area (Å²) in [4.78, 5) is 16.3. The topological polar surface area (TPSA) is 87.4 Å². The van der Waals surface area contributed by atoms with Crippen molar-refractivity contribution in [3.8, 4) is 0 Å². The summed E-state index contributed by atoms with van der Waals surface area (Å²) in [5.74, 6) is 1.25. The zero-order valence-corrected chi connectivity index (χ0v) is 11.9. The highest BCUT2D eigenvalue weighted by Crippen LogP contribution is 2.40. The van der Waals surface area contributed by atoms with E-state index in [-0.39, 0.29) is 18.7 Å². The second-order valence-corrected chi connectivity index (χ2v) is 5.40. The van der Waals surface area contributed by atoms with Gasteiger partial charge in [0.05, 0.1) is 12.6 Å². The van der Waals surface area contributed by atoms with E-state index in [1.807, 2.05) is 13.0 Å². The summed E-state index contributed by atoms with van der Waals surface area (Å²) < 4.78 is 5.71. The van der Waals surface area contributed by atoms with Crippen molar-refractivity contribution in [1.82, 2.24) is 10.3 Å². The summed E-state index contributed by atoms with van der Waals surface area (Å²) in [5, 5.41) is 14.5. The maximum Gasteiger partial charge on any atom is 0.319 e. The number of amides is 2. The molecule has 1 atom stereocenters. The lowest BCUT2D eigenvalue weighted by Gasteiger charge is -2.14. The van der Waals surface area contributed by atoms with Crippen LogP contribution in [0.2, 0.25) is 0 Å². The Morgan fingerprint density at radius 1 is 1.52 bits per heavy atom. The highest BCUT2D eigenvalue weighted by molar-refractivity contribution is 5.91. The molecule has 6 nitrogen and oxygen atoms in total. The first-order valence-electron chi connectivity index (χ1n) is 7.28. The van der Waals surface area contributed by atoms with Crippen molar-refractivity contribution in [2.75, 3.05) is 11.9 Å². The molecule has 21 heavy (non-hydrogen) atoms. The molecule has 0 bridgehead atoms. The van der Waals surface area contributed by atoms with Crippen LogP contribution in [-0.2, 0) is 0 Å². The van der Waals surface area contributed by atoms with Gasteiger partial charge in [-0.3, -0.25) is 0 Å². The number of aliphatic hydroxyl groups excluding tert-OH is 1. The summed E-state index contributed by atoms with van der Waals surface area (Å²) in [7, 11) is 0. The average Bonchev–Trinajstić information content (AvgIpc) is 3.24. The predicted octanol–water partition coefficient (Wildman–Crippen LogP) is 2.60. The quantitative estimate of drug-likeness (QED) is 0.789. The third kappa shape index (κ3) is 3.16. The second-order valence-electron chi connectivity index (χ2n) is 5.40. The lowest BCUT2D eigenvalue weighted by Crippen LogP contribution is -2.39. The summed E-state index contributed by atoms with van der Waals surface area (Å²) >= 11 is 0. The van der Waals surface area contributed by atoms with Gasteiger partial charge in [0, 0.05) is 17.7 Å². The maximum absolute atomic E-state index is 11.8. The van der Waals surface area contributed by atoms with Crippen molar-refractivity contribution < 1.29 is 14.3 Å². The molecular formula is C15H19N3O3. The SMILES string of the molecule is CCC(CO)NC(=O)Nc1ccc2nc(C3CC3)oc2c1. The van der Waals surface area contributed by atoms with Crippen molar-refractivity contribution in [1.29, 1.82) is 0 Å². The fraction of sp³-hybridized carbons (Fsp3) is 0.467. The minimum atomic E-state index is -0.336. The van der Waals surface area contributed by atoms with Gasteiger partial charge < -0.3 is 20.2 Å². The second kappa shape index (κ2) is 5.73. The lowest BCUT2D eigenvalue weighted by atomic mass is 10.2. The minimum Gasteiger partial charge on any atom is -0.440 e. The van der Waals surface area contributed by atoms with E-state index in [4.69, 9.17) is 9.52 Å². The average molecular weight is 289 g/mol. The van der Waals surface area contributed by atoms with Gasteiger partial charge in [0.1, 0.15) is 5.52 Å². The normalized spacial score (nSPS) is 15.9. The largest absolute Gasteiger partial charge is 0.440 e. The Morgan fingerprint density at radius 2 is 2.33 bits per heavy atom. The van der Waals surface area contributed by atoms with Crippen LogP contribution in [0.25, 0.3) is 11.1 Å². The van der Waals surface area contributed by atoms with E-state index in [2.05, 4.69) is 15.6 Å². The van der Waals surface area contributed by atoms with E-state index in [1.54, 1.807) is 12.1 Å². The molecule has 0 radical (unpaired) electrons. The maximum atomic E-state index is 11.8. The number of carbonyl (C=O) groups excluding carboxylic acids is 1. The molecule has 1 fully saturated rings. The molecule has 0 saturated heterocycles. The number of oxazole rings is 1. The summed E-state index contributed by atoms with van der Waals surface area (Å²) in [6.45, 7) is 1.83. The molecule has 0 aliphatic heterocycles. The van der Waals surface area contributed by atoms with Gasteiger partial charge in [-0.05, 0) is 31.4 Å². The minimum absolute atomic E-state index is 0.0736. The van der Waals surface area contributed by atoms with Crippen LogP contribution in [0.5, 0.6) is 0 Å². The molecule has 1 aromatic heterocycles. The number of rotatable bonds is 5. The van der Waals surface area contributed by atoms with Gasteiger partial charge in [-0.25, -0.2) is 9.78 Å². The van der Waals surface area contributed by atoms with Crippen molar-refractivity contribution in [3.63, 3.8) is 0 Å². The van der Waals surface area contributed by atoms with Gasteiger partial charge in [0.25, 0.3) is 0 Å². The number of nitrogens with one attached hydrogen (secondary N) is 2. The van der Waals surface area contributed by atoms with E-state index in [0.717, 1.165) is 24.2 Å². The molecule has 112 valence electrons. The number of urea groups is 1. The Hall–Kier alpha value is -2.08. The van der Waals surface area contributed by atoms with Gasteiger partial charge in [-0.1, -0.05) is 6.92 Å². The van der Waals surface area contributed by atoms with Gasteiger partial charge >= 0.3 is 6.03 Å². The monoisotopic (exact) mass is 289 g/mol. The Bertz CT molecular complexity index is 645.